The van der Waals surface area contributed by atoms with Gasteiger partial charge in [-0.05, 0) is 30.7 Å². The van der Waals surface area contributed by atoms with Crippen molar-refractivity contribution in [2.24, 2.45) is 0 Å². The molecule has 17 heavy (non-hydrogen) atoms. The maximum atomic E-state index is 5.33. The zero-order valence-corrected chi connectivity index (χ0v) is 11.2. The second kappa shape index (κ2) is 7.17. The van der Waals surface area contributed by atoms with Gasteiger partial charge in [0.2, 0.25) is 0 Å². The molecule has 1 unspecified atom stereocenters. The Labute approximate surface area is 104 Å². The van der Waals surface area contributed by atoms with E-state index in [-0.39, 0.29) is 0 Å². The summed E-state index contributed by atoms with van der Waals surface area (Å²) in [5.41, 5.74) is 1.26. The average Bonchev–Trinajstić information content (AvgIpc) is 2.37. The molecule has 1 aromatic carbocycles. The van der Waals surface area contributed by atoms with E-state index in [0.717, 1.165) is 30.9 Å². The molecule has 1 N–H and O–H groups in total. The third-order valence-corrected chi connectivity index (χ3v) is 2.84. The van der Waals surface area contributed by atoms with E-state index in [1.165, 1.54) is 5.56 Å². The van der Waals surface area contributed by atoms with E-state index >= 15 is 0 Å². The standard InChI is InChI=1S/C14H23NO2/c1-5-7-12(15-6-2)11-8-9-13(16-3)14(10-11)17-4/h8-10,12,15H,5-7H2,1-4H3. The van der Waals surface area contributed by atoms with Crippen molar-refractivity contribution >= 4 is 0 Å². The first-order chi connectivity index (χ1) is 8.26. The van der Waals surface area contributed by atoms with Gasteiger partial charge in [-0.3, -0.25) is 0 Å². The van der Waals surface area contributed by atoms with Crippen LogP contribution in [-0.4, -0.2) is 20.8 Å². The first kappa shape index (κ1) is 13.8. The molecule has 0 heterocycles. The SMILES string of the molecule is CCCC(NCC)c1ccc(OC)c(OC)c1. The highest BCUT2D eigenvalue weighted by Crippen LogP contribution is 2.31. The molecule has 3 heteroatoms. The lowest BCUT2D eigenvalue weighted by atomic mass is 10.0. The first-order valence-corrected chi connectivity index (χ1v) is 6.22. The van der Waals surface area contributed by atoms with E-state index in [0.29, 0.717) is 6.04 Å². The predicted octanol–water partition coefficient (Wildman–Crippen LogP) is 3.15. The Kier molecular flexibility index (Phi) is 5.84. The summed E-state index contributed by atoms with van der Waals surface area (Å²) >= 11 is 0. The van der Waals surface area contributed by atoms with Crippen molar-refractivity contribution in [2.75, 3.05) is 20.8 Å². The van der Waals surface area contributed by atoms with Crippen LogP contribution < -0.4 is 14.8 Å². The monoisotopic (exact) mass is 237 g/mol. The fraction of sp³-hybridized carbons (Fsp3) is 0.571. The molecule has 1 atom stereocenters. The minimum absolute atomic E-state index is 0.393. The molecule has 0 saturated heterocycles. The summed E-state index contributed by atoms with van der Waals surface area (Å²) in [6, 6.07) is 6.52. The Morgan fingerprint density at radius 2 is 1.82 bits per heavy atom. The Morgan fingerprint density at radius 3 is 2.35 bits per heavy atom. The number of rotatable bonds is 7. The van der Waals surface area contributed by atoms with E-state index in [4.69, 9.17) is 9.47 Å². The summed E-state index contributed by atoms with van der Waals surface area (Å²) < 4.78 is 10.6. The fourth-order valence-electron chi connectivity index (χ4n) is 1.99. The summed E-state index contributed by atoms with van der Waals surface area (Å²) in [5.74, 6) is 1.58. The topological polar surface area (TPSA) is 30.5 Å². The molecule has 0 aliphatic heterocycles. The van der Waals surface area contributed by atoms with Crippen LogP contribution in [0.5, 0.6) is 11.5 Å². The smallest absolute Gasteiger partial charge is 0.161 e. The summed E-state index contributed by atoms with van der Waals surface area (Å²) in [5, 5.41) is 3.49. The highest BCUT2D eigenvalue weighted by molar-refractivity contribution is 5.43. The van der Waals surface area contributed by atoms with Crippen LogP contribution in [-0.2, 0) is 0 Å². The largest absolute Gasteiger partial charge is 0.493 e. The maximum Gasteiger partial charge on any atom is 0.161 e. The predicted molar refractivity (Wildman–Crippen MR) is 70.9 cm³/mol. The first-order valence-electron chi connectivity index (χ1n) is 6.22. The van der Waals surface area contributed by atoms with E-state index in [2.05, 4.69) is 31.3 Å². The normalized spacial score (nSPS) is 12.2. The van der Waals surface area contributed by atoms with E-state index in [1.807, 2.05) is 6.07 Å². The highest BCUT2D eigenvalue weighted by Gasteiger charge is 2.12. The van der Waals surface area contributed by atoms with Crippen molar-refractivity contribution in [1.29, 1.82) is 0 Å². The Morgan fingerprint density at radius 1 is 1.12 bits per heavy atom. The second-order valence-corrected chi connectivity index (χ2v) is 4.01. The molecule has 0 saturated carbocycles. The van der Waals surface area contributed by atoms with Gasteiger partial charge in [0.25, 0.3) is 0 Å². The average molecular weight is 237 g/mol. The molecule has 0 bridgehead atoms. The minimum Gasteiger partial charge on any atom is -0.493 e. The van der Waals surface area contributed by atoms with Crippen LogP contribution in [0.3, 0.4) is 0 Å². The van der Waals surface area contributed by atoms with E-state index < -0.39 is 0 Å². The van der Waals surface area contributed by atoms with Gasteiger partial charge in [-0.25, -0.2) is 0 Å². The Bertz CT molecular complexity index is 333. The quantitative estimate of drug-likeness (QED) is 0.790. The van der Waals surface area contributed by atoms with Crippen LogP contribution >= 0.6 is 0 Å². The molecular formula is C14H23NO2. The minimum atomic E-state index is 0.393. The molecule has 0 spiro atoms. The number of methoxy groups -OCH3 is 2. The van der Waals surface area contributed by atoms with Crippen molar-refractivity contribution in [3.05, 3.63) is 23.8 Å². The van der Waals surface area contributed by atoms with Crippen LogP contribution in [0.1, 0.15) is 38.3 Å². The fourth-order valence-corrected chi connectivity index (χ4v) is 1.99. The molecule has 96 valence electrons. The summed E-state index contributed by atoms with van der Waals surface area (Å²) in [6.07, 6.45) is 2.29. The van der Waals surface area contributed by atoms with Crippen LogP contribution in [0.4, 0.5) is 0 Å². The summed E-state index contributed by atoms with van der Waals surface area (Å²) in [6.45, 7) is 5.30. The zero-order chi connectivity index (χ0) is 12.7. The van der Waals surface area contributed by atoms with Crippen LogP contribution in [0, 0.1) is 0 Å². The molecule has 0 fully saturated rings. The number of ether oxygens (including phenoxy) is 2. The number of hydrogen-bond acceptors (Lipinski definition) is 3. The van der Waals surface area contributed by atoms with Crippen molar-refractivity contribution < 1.29 is 9.47 Å². The second-order valence-electron chi connectivity index (χ2n) is 4.01. The number of benzene rings is 1. The molecule has 1 aromatic rings. The Balaban J connectivity index is 2.94. The molecule has 1 rings (SSSR count). The van der Waals surface area contributed by atoms with Gasteiger partial charge in [0.1, 0.15) is 0 Å². The van der Waals surface area contributed by atoms with E-state index in [9.17, 15) is 0 Å². The van der Waals surface area contributed by atoms with Crippen LogP contribution in [0.2, 0.25) is 0 Å². The zero-order valence-electron chi connectivity index (χ0n) is 11.2. The van der Waals surface area contributed by atoms with Gasteiger partial charge in [0, 0.05) is 6.04 Å². The van der Waals surface area contributed by atoms with Crippen molar-refractivity contribution in [3.63, 3.8) is 0 Å². The van der Waals surface area contributed by atoms with Crippen molar-refractivity contribution in [1.82, 2.24) is 5.32 Å². The van der Waals surface area contributed by atoms with Gasteiger partial charge in [0.15, 0.2) is 11.5 Å². The van der Waals surface area contributed by atoms with Crippen LogP contribution in [0.15, 0.2) is 18.2 Å². The lowest BCUT2D eigenvalue weighted by molar-refractivity contribution is 0.353. The van der Waals surface area contributed by atoms with Gasteiger partial charge in [-0.1, -0.05) is 26.3 Å². The van der Waals surface area contributed by atoms with Crippen molar-refractivity contribution in [3.8, 4) is 11.5 Å². The molecule has 3 nitrogen and oxygen atoms in total. The lowest BCUT2D eigenvalue weighted by Crippen LogP contribution is -2.20. The third kappa shape index (κ3) is 3.63. The molecule has 0 aromatic heterocycles. The molecular weight excluding hydrogens is 214 g/mol. The van der Waals surface area contributed by atoms with E-state index in [1.54, 1.807) is 14.2 Å². The molecule has 0 aliphatic rings. The van der Waals surface area contributed by atoms with Gasteiger partial charge in [0.05, 0.1) is 14.2 Å². The summed E-state index contributed by atoms with van der Waals surface area (Å²) in [7, 11) is 3.33. The molecule has 0 aliphatic carbocycles. The van der Waals surface area contributed by atoms with Crippen LogP contribution in [0.25, 0.3) is 0 Å². The van der Waals surface area contributed by atoms with Gasteiger partial charge < -0.3 is 14.8 Å². The molecule has 0 amide bonds. The van der Waals surface area contributed by atoms with Crippen molar-refractivity contribution in [2.45, 2.75) is 32.7 Å². The lowest BCUT2D eigenvalue weighted by Gasteiger charge is -2.19. The van der Waals surface area contributed by atoms with Gasteiger partial charge in [-0.2, -0.15) is 0 Å². The number of hydrogen-bond donors (Lipinski definition) is 1. The third-order valence-electron chi connectivity index (χ3n) is 2.84. The van der Waals surface area contributed by atoms with Gasteiger partial charge >= 0.3 is 0 Å². The highest BCUT2D eigenvalue weighted by atomic mass is 16.5. The molecule has 0 radical (unpaired) electrons. The Hall–Kier alpha value is -1.22. The summed E-state index contributed by atoms with van der Waals surface area (Å²) in [4.78, 5) is 0. The maximum absolute atomic E-state index is 5.33. The van der Waals surface area contributed by atoms with Gasteiger partial charge in [-0.15, -0.1) is 0 Å². The number of nitrogens with one attached hydrogen (secondary N) is 1.